The van der Waals surface area contributed by atoms with Gasteiger partial charge in [0.05, 0.1) is 0 Å². The summed E-state index contributed by atoms with van der Waals surface area (Å²) in [6.07, 6.45) is 1.59. The zero-order chi connectivity index (χ0) is 11.5. The first-order valence-electron chi connectivity index (χ1n) is 5.54. The van der Waals surface area contributed by atoms with Gasteiger partial charge >= 0.3 is 0 Å². The third-order valence-electron chi connectivity index (χ3n) is 2.35. The van der Waals surface area contributed by atoms with Crippen molar-refractivity contribution in [1.82, 2.24) is 0 Å². The first-order chi connectivity index (χ1) is 6.92. The Hall–Kier alpha value is -1.11. The Morgan fingerprint density at radius 1 is 1.27 bits per heavy atom. The Morgan fingerprint density at radius 2 is 1.93 bits per heavy atom. The molecule has 0 heterocycles. The third kappa shape index (κ3) is 3.86. The van der Waals surface area contributed by atoms with Crippen LogP contribution in [0.3, 0.4) is 0 Å². The lowest BCUT2D eigenvalue weighted by atomic mass is 9.87. The first kappa shape index (κ1) is 12.0. The number of carbonyl (C=O) groups excluding carboxylic acids is 1. The van der Waals surface area contributed by atoms with Crippen LogP contribution in [0.2, 0.25) is 0 Å². The number of ketones is 1. The fourth-order valence-corrected chi connectivity index (χ4v) is 1.55. The molecule has 0 saturated carbocycles. The van der Waals surface area contributed by atoms with Gasteiger partial charge in [-0.05, 0) is 23.5 Å². The van der Waals surface area contributed by atoms with Crippen molar-refractivity contribution in [3.8, 4) is 0 Å². The van der Waals surface area contributed by atoms with Crippen LogP contribution in [0.1, 0.15) is 50.0 Å². The SMILES string of the molecule is CCc1cccc(C(=O)CC(C)(C)C)c1. The maximum atomic E-state index is 11.9. The van der Waals surface area contributed by atoms with E-state index < -0.39 is 0 Å². The summed E-state index contributed by atoms with van der Waals surface area (Å²) < 4.78 is 0. The highest BCUT2D eigenvalue weighted by Gasteiger charge is 2.17. The smallest absolute Gasteiger partial charge is 0.163 e. The van der Waals surface area contributed by atoms with Crippen LogP contribution in [0.15, 0.2) is 24.3 Å². The first-order valence-corrected chi connectivity index (χ1v) is 5.54. The van der Waals surface area contributed by atoms with Crippen LogP contribution in [0, 0.1) is 5.41 Å². The summed E-state index contributed by atoms with van der Waals surface area (Å²) in [5.74, 6) is 0.248. The second-order valence-electron chi connectivity index (χ2n) is 5.21. The summed E-state index contributed by atoms with van der Waals surface area (Å²) in [7, 11) is 0. The molecule has 1 aromatic carbocycles. The third-order valence-corrected chi connectivity index (χ3v) is 2.35. The Balaban J connectivity index is 2.82. The molecule has 0 unspecified atom stereocenters. The molecule has 1 heteroatoms. The summed E-state index contributed by atoms with van der Waals surface area (Å²) in [4.78, 5) is 11.9. The number of Topliss-reactive ketones (excluding diaryl/α,β-unsaturated/α-hetero) is 1. The van der Waals surface area contributed by atoms with E-state index in [9.17, 15) is 4.79 Å². The predicted molar refractivity (Wildman–Crippen MR) is 64.2 cm³/mol. The molecule has 0 fully saturated rings. The zero-order valence-electron chi connectivity index (χ0n) is 10.1. The molecule has 1 nitrogen and oxygen atoms in total. The number of carbonyl (C=O) groups is 1. The van der Waals surface area contributed by atoms with Gasteiger partial charge in [0.1, 0.15) is 0 Å². The average Bonchev–Trinajstić information content (AvgIpc) is 2.15. The highest BCUT2D eigenvalue weighted by Crippen LogP contribution is 2.21. The summed E-state index contributed by atoms with van der Waals surface area (Å²) in [6.45, 7) is 8.38. The van der Waals surface area contributed by atoms with Crippen LogP contribution in [0.25, 0.3) is 0 Å². The van der Waals surface area contributed by atoms with Gasteiger partial charge in [-0.3, -0.25) is 4.79 Å². The van der Waals surface area contributed by atoms with Crippen LogP contribution in [0.5, 0.6) is 0 Å². The van der Waals surface area contributed by atoms with Crippen molar-refractivity contribution in [2.24, 2.45) is 5.41 Å². The molecule has 0 aliphatic carbocycles. The number of hydrogen-bond acceptors (Lipinski definition) is 1. The molecule has 0 aliphatic heterocycles. The van der Waals surface area contributed by atoms with Crippen LogP contribution in [0.4, 0.5) is 0 Å². The van der Waals surface area contributed by atoms with Gasteiger partial charge in [0.25, 0.3) is 0 Å². The fraction of sp³-hybridized carbons (Fsp3) is 0.500. The van der Waals surface area contributed by atoms with Gasteiger partial charge in [-0.2, -0.15) is 0 Å². The minimum Gasteiger partial charge on any atom is -0.294 e. The van der Waals surface area contributed by atoms with Gasteiger partial charge in [-0.15, -0.1) is 0 Å². The second-order valence-corrected chi connectivity index (χ2v) is 5.21. The molecule has 15 heavy (non-hydrogen) atoms. The minimum atomic E-state index is 0.0688. The maximum absolute atomic E-state index is 11.9. The van der Waals surface area contributed by atoms with E-state index in [1.54, 1.807) is 0 Å². The molecule has 0 radical (unpaired) electrons. The molecule has 0 bridgehead atoms. The topological polar surface area (TPSA) is 17.1 Å². The van der Waals surface area contributed by atoms with Gasteiger partial charge < -0.3 is 0 Å². The van der Waals surface area contributed by atoms with Gasteiger partial charge in [0.2, 0.25) is 0 Å². The van der Waals surface area contributed by atoms with E-state index >= 15 is 0 Å². The van der Waals surface area contributed by atoms with Crippen molar-refractivity contribution < 1.29 is 4.79 Å². The lowest BCUT2D eigenvalue weighted by Gasteiger charge is -2.16. The van der Waals surface area contributed by atoms with Crippen molar-refractivity contribution in [2.75, 3.05) is 0 Å². The van der Waals surface area contributed by atoms with Crippen LogP contribution < -0.4 is 0 Å². The number of benzene rings is 1. The lowest BCUT2D eigenvalue weighted by Crippen LogP contribution is -2.13. The summed E-state index contributed by atoms with van der Waals surface area (Å²) in [6, 6.07) is 7.95. The fourth-order valence-electron chi connectivity index (χ4n) is 1.55. The highest BCUT2D eigenvalue weighted by molar-refractivity contribution is 5.96. The van der Waals surface area contributed by atoms with E-state index in [-0.39, 0.29) is 11.2 Å². The van der Waals surface area contributed by atoms with E-state index in [0.717, 1.165) is 12.0 Å². The summed E-state index contributed by atoms with van der Waals surface area (Å²) in [5, 5.41) is 0. The highest BCUT2D eigenvalue weighted by atomic mass is 16.1. The van der Waals surface area contributed by atoms with E-state index in [0.29, 0.717) is 6.42 Å². The molecule has 0 spiro atoms. The van der Waals surface area contributed by atoms with Gasteiger partial charge in [-0.1, -0.05) is 45.9 Å². The Bertz CT molecular complexity index is 345. The maximum Gasteiger partial charge on any atom is 0.163 e. The van der Waals surface area contributed by atoms with E-state index in [1.165, 1.54) is 5.56 Å². The lowest BCUT2D eigenvalue weighted by molar-refractivity contribution is 0.0940. The van der Waals surface area contributed by atoms with Crippen molar-refractivity contribution in [3.63, 3.8) is 0 Å². The molecule has 0 amide bonds. The second kappa shape index (κ2) is 4.61. The normalized spacial score (nSPS) is 11.5. The van der Waals surface area contributed by atoms with Gasteiger partial charge in [0, 0.05) is 12.0 Å². The average molecular weight is 204 g/mol. The Morgan fingerprint density at radius 3 is 2.47 bits per heavy atom. The minimum absolute atomic E-state index is 0.0688. The molecular weight excluding hydrogens is 184 g/mol. The van der Waals surface area contributed by atoms with Crippen molar-refractivity contribution in [3.05, 3.63) is 35.4 Å². The molecule has 0 atom stereocenters. The molecule has 1 rings (SSSR count). The number of hydrogen-bond donors (Lipinski definition) is 0. The summed E-state index contributed by atoms with van der Waals surface area (Å²) >= 11 is 0. The molecular formula is C14H20O. The summed E-state index contributed by atoms with van der Waals surface area (Å²) in [5.41, 5.74) is 2.15. The number of aryl methyl sites for hydroxylation is 1. The van der Waals surface area contributed by atoms with Crippen LogP contribution in [-0.2, 0) is 6.42 Å². The van der Waals surface area contributed by atoms with Crippen LogP contribution in [-0.4, -0.2) is 5.78 Å². The van der Waals surface area contributed by atoms with E-state index in [2.05, 4.69) is 33.8 Å². The molecule has 0 aliphatic rings. The van der Waals surface area contributed by atoms with E-state index in [4.69, 9.17) is 0 Å². The molecule has 0 aromatic heterocycles. The number of rotatable bonds is 3. The van der Waals surface area contributed by atoms with Gasteiger partial charge in [-0.25, -0.2) is 0 Å². The van der Waals surface area contributed by atoms with Crippen molar-refractivity contribution >= 4 is 5.78 Å². The molecule has 0 saturated heterocycles. The zero-order valence-corrected chi connectivity index (χ0v) is 10.1. The molecule has 1 aromatic rings. The molecule has 82 valence electrons. The van der Waals surface area contributed by atoms with E-state index in [1.807, 2.05) is 18.2 Å². The largest absolute Gasteiger partial charge is 0.294 e. The van der Waals surface area contributed by atoms with Crippen molar-refractivity contribution in [2.45, 2.75) is 40.5 Å². The Labute approximate surface area is 92.5 Å². The predicted octanol–water partition coefficient (Wildman–Crippen LogP) is 3.87. The Kier molecular flexibility index (Phi) is 3.67. The van der Waals surface area contributed by atoms with Gasteiger partial charge in [0.15, 0.2) is 5.78 Å². The molecule has 0 N–H and O–H groups in total. The quantitative estimate of drug-likeness (QED) is 0.683. The van der Waals surface area contributed by atoms with Crippen molar-refractivity contribution in [1.29, 1.82) is 0 Å². The monoisotopic (exact) mass is 204 g/mol. The van der Waals surface area contributed by atoms with Crippen LogP contribution >= 0.6 is 0 Å². The standard InChI is InChI=1S/C14H20O/c1-5-11-7-6-8-12(9-11)13(15)10-14(2,3)4/h6-9H,5,10H2,1-4H3.